The molecule has 1 saturated heterocycles. The van der Waals surface area contributed by atoms with Crippen molar-refractivity contribution in [1.29, 1.82) is 0 Å². The first kappa shape index (κ1) is 27.5. The van der Waals surface area contributed by atoms with Crippen molar-refractivity contribution >= 4 is 29.1 Å². The molecule has 7 nitrogen and oxygen atoms in total. The molecule has 0 unspecified atom stereocenters. The summed E-state index contributed by atoms with van der Waals surface area (Å²) in [7, 11) is 0. The number of nitrogens with one attached hydrogen (secondary N) is 1. The first-order valence-corrected chi connectivity index (χ1v) is 15.6. The first-order chi connectivity index (χ1) is 20.0. The number of aryl methyl sites for hydroxylation is 1. The Balaban J connectivity index is 1.13. The number of amides is 3. The van der Waals surface area contributed by atoms with Crippen LogP contribution in [0.4, 0.5) is 0 Å². The van der Waals surface area contributed by atoms with Gasteiger partial charge < -0.3 is 19.9 Å². The third-order valence-electron chi connectivity index (χ3n) is 8.85. The van der Waals surface area contributed by atoms with Gasteiger partial charge in [0.05, 0.1) is 29.7 Å². The Kier molecular flexibility index (Phi) is 8.10. The number of piperidine rings is 1. The molecule has 1 fully saturated rings. The Hall–Kier alpha value is -3.65. The summed E-state index contributed by atoms with van der Waals surface area (Å²) in [6.45, 7) is 3.23. The van der Waals surface area contributed by atoms with Gasteiger partial charge in [-0.15, -0.1) is 11.3 Å². The van der Waals surface area contributed by atoms with E-state index in [4.69, 9.17) is 4.74 Å². The highest BCUT2D eigenvalue weighted by Gasteiger charge is 2.42. The number of fused-ring (bicyclic) bond motifs is 2. The molecule has 0 saturated carbocycles. The van der Waals surface area contributed by atoms with Crippen LogP contribution in [0.3, 0.4) is 0 Å². The molecule has 2 aromatic carbocycles. The largest absolute Gasteiger partial charge is 0.493 e. The molecule has 1 spiro atoms. The van der Waals surface area contributed by atoms with Crippen molar-refractivity contribution in [2.45, 2.75) is 58.0 Å². The predicted molar refractivity (Wildman–Crippen MR) is 159 cm³/mol. The van der Waals surface area contributed by atoms with E-state index in [0.717, 1.165) is 48.3 Å². The molecule has 0 aliphatic carbocycles. The van der Waals surface area contributed by atoms with Gasteiger partial charge in [0.2, 0.25) is 5.91 Å². The minimum Gasteiger partial charge on any atom is -0.493 e. The molecule has 3 amide bonds. The number of thiophene rings is 1. The monoisotopic (exact) mass is 571 g/mol. The molecule has 0 atom stereocenters. The zero-order valence-corrected chi connectivity index (χ0v) is 24.2. The van der Waals surface area contributed by atoms with Crippen LogP contribution in [0.1, 0.15) is 75.2 Å². The maximum Gasteiger partial charge on any atom is 0.255 e. The van der Waals surface area contributed by atoms with Crippen LogP contribution in [0.25, 0.3) is 0 Å². The molecule has 1 N–H and O–H groups in total. The Morgan fingerprint density at radius 2 is 1.76 bits per heavy atom. The number of rotatable bonds is 3. The standard InChI is InChI=1S/C33H37N3O4S/c37-30(27-12-5-10-25-22-36(31(38)29(25)27)23-26-11-6-21-41-26)35-18-15-33(16-19-35)14-4-3-9-24-8-1-2-13-28(24)40-20-7-17-34-32(33)39/h1-2,5-6,8,10-13,21H,3-4,7,9,14-20,22-23H2,(H,34,39). The summed E-state index contributed by atoms with van der Waals surface area (Å²) in [4.78, 5) is 45.5. The lowest BCUT2D eigenvalue weighted by molar-refractivity contribution is -0.134. The van der Waals surface area contributed by atoms with Crippen LogP contribution in [-0.4, -0.2) is 53.8 Å². The van der Waals surface area contributed by atoms with Crippen molar-refractivity contribution in [3.05, 3.63) is 87.1 Å². The second-order valence-electron chi connectivity index (χ2n) is 11.4. The first-order valence-electron chi connectivity index (χ1n) is 14.8. The highest BCUT2D eigenvalue weighted by atomic mass is 32.1. The Morgan fingerprint density at radius 3 is 2.59 bits per heavy atom. The summed E-state index contributed by atoms with van der Waals surface area (Å²) in [6, 6.07) is 17.8. The van der Waals surface area contributed by atoms with E-state index >= 15 is 0 Å². The molecular formula is C33H37N3O4S. The van der Waals surface area contributed by atoms with E-state index in [1.54, 1.807) is 17.4 Å². The number of hydrogen-bond donors (Lipinski definition) is 1. The van der Waals surface area contributed by atoms with Gasteiger partial charge in [-0.1, -0.05) is 42.8 Å². The van der Waals surface area contributed by atoms with E-state index in [-0.39, 0.29) is 17.7 Å². The van der Waals surface area contributed by atoms with Crippen molar-refractivity contribution in [3.8, 4) is 5.75 Å². The van der Waals surface area contributed by atoms with Crippen LogP contribution >= 0.6 is 11.3 Å². The topological polar surface area (TPSA) is 79.0 Å². The number of hydrogen-bond acceptors (Lipinski definition) is 5. The van der Waals surface area contributed by atoms with Crippen molar-refractivity contribution in [2.24, 2.45) is 5.41 Å². The number of likely N-dealkylation sites (tertiary alicyclic amines) is 1. The van der Waals surface area contributed by atoms with Gasteiger partial charge in [-0.3, -0.25) is 14.4 Å². The number of nitrogens with zero attached hydrogens (tertiary/aromatic N) is 2. The summed E-state index contributed by atoms with van der Waals surface area (Å²) in [5, 5.41) is 5.18. The van der Waals surface area contributed by atoms with Gasteiger partial charge >= 0.3 is 0 Å². The SMILES string of the molecule is O=C(c1cccc2c1C(=O)N(Cc1cccs1)C2)N1CCC2(CCCCc3ccccc3OCCCNC2=O)CC1. The minimum atomic E-state index is -0.475. The maximum atomic E-state index is 13.8. The van der Waals surface area contributed by atoms with Gasteiger partial charge in [-0.25, -0.2) is 0 Å². The normalized spacial score (nSPS) is 19.3. The summed E-state index contributed by atoms with van der Waals surface area (Å²) < 4.78 is 6.01. The van der Waals surface area contributed by atoms with E-state index < -0.39 is 5.41 Å². The van der Waals surface area contributed by atoms with Crippen molar-refractivity contribution in [1.82, 2.24) is 15.1 Å². The number of benzene rings is 2. The molecule has 0 radical (unpaired) electrons. The van der Waals surface area contributed by atoms with Crippen LogP contribution in [-0.2, 0) is 24.3 Å². The van der Waals surface area contributed by atoms with Crippen LogP contribution in [0.15, 0.2) is 60.0 Å². The fraction of sp³-hybridized carbons (Fsp3) is 0.424. The van der Waals surface area contributed by atoms with Crippen LogP contribution in [0.2, 0.25) is 0 Å². The van der Waals surface area contributed by atoms with Crippen molar-refractivity contribution in [2.75, 3.05) is 26.2 Å². The van der Waals surface area contributed by atoms with Crippen LogP contribution in [0.5, 0.6) is 5.75 Å². The highest BCUT2D eigenvalue weighted by molar-refractivity contribution is 7.09. The Morgan fingerprint density at radius 1 is 0.927 bits per heavy atom. The molecule has 6 rings (SSSR count). The number of ether oxygens (including phenoxy) is 1. The molecule has 1 aromatic heterocycles. The third-order valence-corrected chi connectivity index (χ3v) is 9.71. The van der Waals surface area contributed by atoms with E-state index in [1.165, 1.54) is 5.56 Å². The zero-order valence-electron chi connectivity index (χ0n) is 23.4. The highest BCUT2D eigenvalue weighted by Crippen LogP contribution is 2.39. The lowest BCUT2D eigenvalue weighted by Crippen LogP contribution is -2.50. The van der Waals surface area contributed by atoms with E-state index in [2.05, 4.69) is 17.4 Å². The van der Waals surface area contributed by atoms with Crippen molar-refractivity contribution in [3.63, 3.8) is 0 Å². The lowest BCUT2D eigenvalue weighted by Gasteiger charge is -2.41. The van der Waals surface area contributed by atoms with E-state index in [9.17, 15) is 14.4 Å². The molecule has 0 bridgehead atoms. The van der Waals surface area contributed by atoms with Gasteiger partial charge in [-0.05, 0) is 73.2 Å². The van der Waals surface area contributed by atoms with Crippen molar-refractivity contribution < 1.29 is 19.1 Å². The molecule has 41 heavy (non-hydrogen) atoms. The lowest BCUT2D eigenvalue weighted by atomic mass is 9.73. The van der Waals surface area contributed by atoms with E-state index in [0.29, 0.717) is 63.3 Å². The minimum absolute atomic E-state index is 0.0778. The Labute approximate surface area is 245 Å². The summed E-state index contributed by atoms with van der Waals surface area (Å²) in [5.74, 6) is 0.856. The second-order valence-corrected chi connectivity index (χ2v) is 12.5. The zero-order chi connectivity index (χ0) is 28.2. The summed E-state index contributed by atoms with van der Waals surface area (Å²) >= 11 is 1.63. The quantitative estimate of drug-likeness (QED) is 0.454. The molecule has 3 aliphatic heterocycles. The predicted octanol–water partition coefficient (Wildman–Crippen LogP) is 5.44. The summed E-state index contributed by atoms with van der Waals surface area (Å²) in [5.41, 5.74) is 2.68. The fourth-order valence-corrected chi connectivity index (χ4v) is 7.21. The fourth-order valence-electron chi connectivity index (χ4n) is 6.49. The molecule has 4 heterocycles. The third kappa shape index (κ3) is 5.75. The molecule has 214 valence electrons. The van der Waals surface area contributed by atoms with Gasteiger partial charge in [0.1, 0.15) is 5.75 Å². The van der Waals surface area contributed by atoms with Gasteiger partial charge in [0, 0.05) is 31.1 Å². The maximum absolute atomic E-state index is 13.8. The van der Waals surface area contributed by atoms with Crippen LogP contribution < -0.4 is 10.1 Å². The van der Waals surface area contributed by atoms with Gasteiger partial charge in [0.15, 0.2) is 0 Å². The molecule has 3 aromatic rings. The van der Waals surface area contributed by atoms with E-state index in [1.807, 2.05) is 51.6 Å². The molecule has 3 aliphatic rings. The van der Waals surface area contributed by atoms with Gasteiger partial charge in [-0.2, -0.15) is 0 Å². The summed E-state index contributed by atoms with van der Waals surface area (Å²) in [6.07, 6.45) is 5.67. The smallest absolute Gasteiger partial charge is 0.255 e. The van der Waals surface area contributed by atoms with Crippen LogP contribution in [0, 0.1) is 5.41 Å². The number of para-hydroxylation sites is 1. The Bertz CT molecular complexity index is 1410. The number of carbonyl (C=O) groups is 3. The molecule has 8 heteroatoms. The molecular weight excluding hydrogens is 534 g/mol. The average molecular weight is 572 g/mol. The number of carbonyl (C=O) groups excluding carboxylic acids is 3. The van der Waals surface area contributed by atoms with Gasteiger partial charge in [0.25, 0.3) is 11.8 Å². The second kappa shape index (κ2) is 12.1. The average Bonchev–Trinajstić information content (AvgIpc) is 3.63.